The third kappa shape index (κ3) is 11.4. The molecule has 0 aliphatic rings. The third-order valence-corrected chi connectivity index (χ3v) is 1.87. The van der Waals surface area contributed by atoms with Crippen molar-refractivity contribution in [2.45, 2.75) is 0 Å². The summed E-state index contributed by atoms with van der Waals surface area (Å²) in [6.45, 7) is 0. The van der Waals surface area contributed by atoms with Gasteiger partial charge in [0.1, 0.15) is 6.29 Å². The van der Waals surface area contributed by atoms with Crippen LogP contribution in [0.3, 0.4) is 0 Å². The maximum Gasteiger partial charge on any atom is 2.00 e. The van der Waals surface area contributed by atoms with Crippen molar-refractivity contribution < 1.29 is 21.9 Å². The van der Waals surface area contributed by atoms with Crippen LogP contribution in [0, 0.1) is 48.5 Å². The zero-order chi connectivity index (χ0) is 14.3. The molecular formula is C19H10FeO-8. The Hall–Kier alpha value is -2.15. The van der Waals surface area contributed by atoms with Gasteiger partial charge < -0.3 is 60.7 Å². The monoisotopic (exact) mass is 310 g/mol. The Labute approximate surface area is 137 Å². The van der Waals surface area contributed by atoms with Crippen molar-refractivity contribution in [2.75, 3.05) is 0 Å². The molecule has 108 valence electrons. The average molecular weight is 310 g/mol. The van der Waals surface area contributed by atoms with Crippen LogP contribution >= 0.6 is 0 Å². The Morgan fingerprint density at radius 3 is 1.62 bits per heavy atom. The van der Waals surface area contributed by atoms with E-state index in [2.05, 4.69) is 48.5 Å². The summed E-state index contributed by atoms with van der Waals surface area (Å²) in [5.41, 5.74) is 1.05. The molecule has 0 N–H and O–H groups in total. The van der Waals surface area contributed by atoms with Gasteiger partial charge in [0.15, 0.2) is 0 Å². The molecule has 0 unspecified atom stereocenters. The zero-order valence-electron chi connectivity index (χ0n) is 11.0. The van der Waals surface area contributed by atoms with Gasteiger partial charge in [-0.1, -0.05) is 36.4 Å². The summed E-state index contributed by atoms with van der Waals surface area (Å²) in [5.74, 6) is 0. The molecule has 0 radical (unpaired) electrons. The minimum atomic E-state index is 0. The van der Waals surface area contributed by atoms with E-state index in [1.54, 1.807) is 18.2 Å². The molecule has 0 aliphatic heterocycles. The van der Waals surface area contributed by atoms with Crippen LogP contribution in [-0.4, -0.2) is 6.29 Å². The summed E-state index contributed by atoms with van der Waals surface area (Å²) < 4.78 is 0. The molecule has 3 aromatic rings. The van der Waals surface area contributed by atoms with Gasteiger partial charge >= 0.3 is 17.1 Å². The fraction of sp³-hybridized carbons (Fsp3) is 0. The second-order valence-corrected chi connectivity index (χ2v) is 3.27. The van der Waals surface area contributed by atoms with Crippen LogP contribution in [0.1, 0.15) is 5.56 Å². The first-order valence-corrected chi connectivity index (χ1v) is 5.76. The maximum atomic E-state index is 9.89. The Kier molecular flexibility index (Phi) is 12.8. The first kappa shape index (κ1) is 18.8. The molecule has 2 heteroatoms. The van der Waals surface area contributed by atoms with Gasteiger partial charge in [-0.3, -0.25) is 4.79 Å². The number of rotatable bonds is 2. The number of carbonyl (C=O) groups excluding carboxylic acids is 1. The molecule has 21 heavy (non-hydrogen) atoms. The molecule has 0 bridgehead atoms. The third-order valence-electron chi connectivity index (χ3n) is 1.87. The van der Waals surface area contributed by atoms with E-state index in [9.17, 15) is 4.79 Å². The van der Waals surface area contributed by atoms with Crippen molar-refractivity contribution in [2.24, 2.45) is 0 Å². The van der Waals surface area contributed by atoms with Crippen LogP contribution in [0.15, 0.2) is 48.5 Å². The van der Waals surface area contributed by atoms with Crippen LogP contribution < -0.4 is 0 Å². The molecular weight excluding hydrogens is 300 g/mol. The van der Waals surface area contributed by atoms with Crippen molar-refractivity contribution in [3.63, 3.8) is 0 Å². The first-order valence-electron chi connectivity index (χ1n) is 5.76. The van der Waals surface area contributed by atoms with Crippen LogP contribution in [0.25, 0.3) is 6.08 Å². The summed E-state index contributed by atoms with van der Waals surface area (Å²) in [5, 5.41) is 0. The van der Waals surface area contributed by atoms with Gasteiger partial charge in [-0.15, -0.1) is 0 Å². The van der Waals surface area contributed by atoms with Gasteiger partial charge in [0.2, 0.25) is 0 Å². The second-order valence-electron chi connectivity index (χ2n) is 3.27. The number of allylic oxidation sites excluding steroid dienone is 1. The van der Waals surface area contributed by atoms with E-state index < -0.39 is 0 Å². The van der Waals surface area contributed by atoms with Crippen LogP contribution in [0.4, 0.5) is 0 Å². The van der Waals surface area contributed by atoms with Crippen molar-refractivity contribution in [1.82, 2.24) is 0 Å². The number of hydrogen-bond acceptors (Lipinski definition) is 1. The molecule has 0 amide bonds. The summed E-state index contributed by atoms with van der Waals surface area (Å²) in [6.07, 6.45) is 4.02. The molecule has 0 heterocycles. The Morgan fingerprint density at radius 2 is 1.29 bits per heavy atom. The van der Waals surface area contributed by atoms with Crippen LogP contribution in [0.2, 0.25) is 0 Å². The predicted molar refractivity (Wildman–Crippen MR) is 76.3 cm³/mol. The molecule has 0 aliphatic carbocycles. The molecule has 0 atom stereocenters. The molecule has 3 aromatic carbocycles. The molecule has 0 spiro atoms. The second kappa shape index (κ2) is 14.3. The van der Waals surface area contributed by atoms with Crippen molar-refractivity contribution in [3.8, 4) is 0 Å². The number of carbonyl (C=O) groups is 1. The van der Waals surface area contributed by atoms with Crippen LogP contribution in [-0.2, 0) is 21.9 Å². The van der Waals surface area contributed by atoms with Crippen molar-refractivity contribution in [3.05, 3.63) is 103 Å². The number of aldehydes is 1. The van der Waals surface area contributed by atoms with Gasteiger partial charge in [-0.2, -0.15) is 0 Å². The van der Waals surface area contributed by atoms with E-state index in [0.29, 0.717) is 0 Å². The van der Waals surface area contributed by atoms with Crippen LogP contribution in [0.5, 0.6) is 0 Å². The van der Waals surface area contributed by atoms with E-state index >= 15 is 0 Å². The van der Waals surface area contributed by atoms with Crippen molar-refractivity contribution >= 4 is 12.4 Å². The van der Waals surface area contributed by atoms with E-state index in [1.165, 1.54) is 6.08 Å². The van der Waals surface area contributed by atoms with E-state index in [4.69, 9.17) is 0 Å². The van der Waals surface area contributed by atoms with E-state index in [1.807, 2.05) is 30.3 Å². The number of benzene rings is 1. The first-order chi connectivity index (χ1) is 9.93. The summed E-state index contributed by atoms with van der Waals surface area (Å²) in [4.78, 5) is 9.89. The molecule has 0 saturated carbocycles. The van der Waals surface area contributed by atoms with Gasteiger partial charge in [0.25, 0.3) is 0 Å². The van der Waals surface area contributed by atoms with Gasteiger partial charge in [0.05, 0.1) is 0 Å². The summed E-state index contributed by atoms with van der Waals surface area (Å²) >= 11 is 0. The number of hydrogen-bond donors (Lipinski definition) is 0. The fourth-order valence-corrected chi connectivity index (χ4v) is 1.08. The predicted octanol–water partition coefficient (Wildman–Crippen LogP) is 3.11. The smallest absolute Gasteiger partial charge is 0.999 e. The molecule has 0 aromatic heterocycles. The summed E-state index contributed by atoms with van der Waals surface area (Å²) in [7, 11) is 0. The largest absolute Gasteiger partial charge is 2.00 e. The zero-order valence-corrected chi connectivity index (χ0v) is 12.1. The van der Waals surface area contributed by atoms with E-state index in [-0.39, 0.29) is 17.1 Å². The molecule has 1 nitrogen and oxygen atoms in total. The van der Waals surface area contributed by atoms with Gasteiger partial charge in [0, 0.05) is 0 Å². The average Bonchev–Trinajstić information content (AvgIpc) is 3.23. The Bertz CT molecular complexity index is 476. The van der Waals surface area contributed by atoms with Gasteiger partial charge in [-0.05, 0) is 11.6 Å². The maximum absolute atomic E-state index is 9.89. The summed E-state index contributed by atoms with van der Waals surface area (Å²) in [6, 6.07) is 33.7. The fourth-order valence-electron chi connectivity index (χ4n) is 1.08. The normalized spacial score (nSPS) is 8.57. The Morgan fingerprint density at radius 1 is 0.810 bits per heavy atom. The molecule has 0 fully saturated rings. The SMILES string of the molecule is O=C/C=C/c1ccccc1.[Fe+2].[c-]1[c-][c-][cH-][c-]1.[c-]1[c-][c-][cH-][c-]1. The standard InChI is InChI=1S/C9H8O.2C5H.Fe/c10-8-4-7-9-5-2-1-3-6-9;2*1-2-4-5-3-1;/h1-8H;2*1H;/q;2*-5;+2/b7-4+;;;. The van der Waals surface area contributed by atoms with Gasteiger partial charge in [-0.25, -0.2) is 0 Å². The molecule has 0 saturated heterocycles. The topological polar surface area (TPSA) is 17.1 Å². The minimum absolute atomic E-state index is 0. The van der Waals surface area contributed by atoms with Crippen molar-refractivity contribution in [1.29, 1.82) is 0 Å². The molecule has 3 rings (SSSR count). The Balaban J connectivity index is 0.000000307. The van der Waals surface area contributed by atoms with E-state index in [0.717, 1.165) is 11.8 Å². The quantitative estimate of drug-likeness (QED) is 0.308. The minimum Gasteiger partial charge on any atom is -0.999 e.